The largest absolute Gasteiger partial charge is 0.361 e. The van der Waals surface area contributed by atoms with Crippen LogP contribution in [-0.2, 0) is 4.74 Å². The Morgan fingerprint density at radius 2 is 2.00 bits per heavy atom. The van der Waals surface area contributed by atoms with Crippen molar-refractivity contribution in [2.24, 2.45) is 0 Å². The highest BCUT2D eigenvalue weighted by Crippen LogP contribution is 2.30. The van der Waals surface area contributed by atoms with E-state index in [-0.39, 0.29) is 0 Å². The number of nitrogens with one attached hydrogen (secondary N) is 1. The molecule has 1 rings (SSSR count). The fourth-order valence-electron chi connectivity index (χ4n) is 1.74. The summed E-state index contributed by atoms with van der Waals surface area (Å²) in [6.07, 6.45) is 2.61. The Balaban J connectivity index is 2.38. The predicted molar refractivity (Wildman–Crippen MR) is 87.5 cm³/mol. The van der Waals surface area contributed by atoms with E-state index >= 15 is 0 Å². The number of halogens is 2. The van der Waals surface area contributed by atoms with Crippen LogP contribution in [0.2, 0.25) is 25.7 Å². The molecule has 0 aromatic rings. The number of hydrogen-bond donors (Lipinski definition) is 1. The maximum absolute atomic E-state index is 5.82. The first-order valence-corrected chi connectivity index (χ1v) is 11.8. The molecule has 6 heteroatoms. The Kier molecular flexibility index (Phi) is 6.71. The van der Waals surface area contributed by atoms with Gasteiger partial charge in [0.15, 0.2) is 0 Å². The molecule has 0 bridgehead atoms. The number of ether oxygens (including phenoxy) is 1. The third-order valence-electron chi connectivity index (χ3n) is 2.89. The van der Waals surface area contributed by atoms with E-state index in [0.717, 1.165) is 28.7 Å². The monoisotopic (exact) mass is 398 g/mol. The normalized spacial score (nSPS) is 20.6. The molecular weight excluding hydrogens is 376 g/mol. The second-order valence-electron chi connectivity index (χ2n) is 5.87. The molecule has 18 heavy (non-hydrogen) atoms. The van der Waals surface area contributed by atoms with E-state index < -0.39 is 8.07 Å². The van der Waals surface area contributed by atoms with Crippen molar-refractivity contribution in [2.45, 2.75) is 51.6 Å². The quantitative estimate of drug-likeness (QED) is 0.393. The molecule has 1 N–H and O–H groups in total. The van der Waals surface area contributed by atoms with E-state index in [4.69, 9.17) is 4.74 Å². The van der Waals surface area contributed by atoms with Gasteiger partial charge < -0.3 is 15.0 Å². The highest BCUT2D eigenvalue weighted by molar-refractivity contribution is 9.14. The summed E-state index contributed by atoms with van der Waals surface area (Å²) in [6.45, 7) is 10.8. The number of hydrogen-bond acceptors (Lipinski definition) is 3. The summed E-state index contributed by atoms with van der Waals surface area (Å²) in [5.74, 6) is 0. The Labute approximate surface area is 129 Å². The zero-order valence-corrected chi connectivity index (χ0v) is 15.9. The zero-order chi connectivity index (χ0) is 13.8. The van der Waals surface area contributed by atoms with Crippen molar-refractivity contribution in [2.75, 3.05) is 13.3 Å². The summed E-state index contributed by atoms with van der Waals surface area (Å²) >= 11 is 7.12. The van der Waals surface area contributed by atoms with E-state index in [9.17, 15) is 0 Å². The van der Waals surface area contributed by atoms with Crippen LogP contribution in [0, 0.1) is 0 Å². The van der Waals surface area contributed by atoms with Gasteiger partial charge >= 0.3 is 0 Å². The lowest BCUT2D eigenvalue weighted by atomic mass is 10.3. The van der Waals surface area contributed by atoms with E-state index in [1.54, 1.807) is 0 Å². The Bertz CT molecular complexity index is 305. The highest BCUT2D eigenvalue weighted by atomic mass is 79.9. The highest BCUT2D eigenvalue weighted by Gasteiger charge is 2.28. The average Bonchev–Trinajstić information content (AvgIpc) is 2.50. The topological polar surface area (TPSA) is 24.5 Å². The van der Waals surface area contributed by atoms with Gasteiger partial charge in [-0.15, -0.1) is 0 Å². The summed E-state index contributed by atoms with van der Waals surface area (Å²) < 4.78 is 7.91. The smallest absolute Gasteiger partial charge is 0.121 e. The van der Waals surface area contributed by atoms with Gasteiger partial charge in [-0.2, -0.15) is 0 Å². The van der Waals surface area contributed by atoms with Gasteiger partial charge in [0.2, 0.25) is 0 Å². The standard InChI is InChI=1S/C12H24Br2N2OSi/c1-5-6-10-15-11(13)12(14)16(10)9-17-7-8-18(2,3)4/h10,15H,5-9H2,1-4H3. The minimum Gasteiger partial charge on any atom is -0.361 e. The lowest BCUT2D eigenvalue weighted by molar-refractivity contribution is 0.0386. The molecule has 0 aromatic heterocycles. The molecule has 0 aliphatic carbocycles. The van der Waals surface area contributed by atoms with Crippen LogP contribution in [0.4, 0.5) is 0 Å². The maximum atomic E-state index is 5.82. The first-order valence-electron chi connectivity index (χ1n) is 6.51. The van der Waals surface area contributed by atoms with Crippen LogP contribution < -0.4 is 5.32 Å². The maximum Gasteiger partial charge on any atom is 0.121 e. The van der Waals surface area contributed by atoms with Crippen LogP contribution in [0.15, 0.2) is 9.21 Å². The molecule has 1 aliphatic heterocycles. The fourth-order valence-corrected chi connectivity index (χ4v) is 3.45. The van der Waals surface area contributed by atoms with Crippen molar-refractivity contribution < 1.29 is 4.74 Å². The zero-order valence-electron chi connectivity index (χ0n) is 11.7. The first-order chi connectivity index (χ1) is 8.35. The Morgan fingerprint density at radius 1 is 1.33 bits per heavy atom. The molecule has 0 fully saturated rings. The minimum atomic E-state index is -0.989. The van der Waals surface area contributed by atoms with Crippen molar-refractivity contribution in [3.8, 4) is 0 Å². The van der Waals surface area contributed by atoms with E-state index in [2.05, 4.69) is 68.6 Å². The molecule has 106 valence electrons. The summed E-state index contributed by atoms with van der Waals surface area (Å²) in [6, 6.07) is 1.22. The van der Waals surface area contributed by atoms with Gasteiger partial charge in [-0.1, -0.05) is 33.0 Å². The third kappa shape index (κ3) is 5.23. The molecule has 0 saturated carbocycles. The number of nitrogens with zero attached hydrogens (tertiary/aromatic N) is 1. The first kappa shape index (κ1) is 16.5. The van der Waals surface area contributed by atoms with E-state index in [0.29, 0.717) is 12.9 Å². The van der Waals surface area contributed by atoms with Gasteiger partial charge in [0, 0.05) is 14.7 Å². The molecule has 0 radical (unpaired) electrons. The van der Waals surface area contributed by atoms with Crippen LogP contribution in [0.3, 0.4) is 0 Å². The van der Waals surface area contributed by atoms with Crippen LogP contribution >= 0.6 is 31.9 Å². The number of rotatable bonds is 7. The van der Waals surface area contributed by atoms with Crippen LogP contribution in [0.1, 0.15) is 19.8 Å². The van der Waals surface area contributed by atoms with E-state index in [1.165, 1.54) is 6.04 Å². The second kappa shape index (κ2) is 7.31. The molecule has 0 saturated heterocycles. The van der Waals surface area contributed by atoms with Gasteiger partial charge in [0.1, 0.15) is 22.1 Å². The molecular formula is C12H24Br2N2OSi. The SMILES string of the molecule is CCCC1NC(Br)=C(Br)N1COCC[Si](C)(C)C. The van der Waals surface area contributed by atoms with Gasteiger partial charge in [0.05, 0.1) is 0 Å². The van der Waals surface area contributed by atoms with Gasteiger partial charge in [-0.3, -0.25) is 0 Å². The van der Waals surface area contributed by atoms with Crippen molar-refractivity contribution in [3.05, 3.63) is 9.21 Å². The summed E-state index contributed by atoms with van der Waals surface area (Å²) in [7, 11) is -0.989. The lowest BCUT2D eigenvalue weighted by Gasteiger charge is -2.27. The molecule has 0 amide bonds. The molecule has 1 aliphatic rings. The predicted octanol–water partition coefficient (Wildman–Crippen LogP) is 4.25. The lowest BCUT2D eigenvalue weighted by Crippen LogP contribution is -2.38. The van der Waals surface area contributed by atoms with Crippen molar-refractivity contribution in [1.29, 1.82) is 0 Å². The second-order valence-corrected chi connectivity index (χ2v) is 13.0. The minimum absolute atomic E-state index is 0.339. The van der Waals surface area contributed by atoms with Crippen molar-refractivity contribution in [1.82, 2.24) is 10.2 Å². The third-order valence-corrected chi connectivity index (χ3v) is 6.58. The van der Waals surface area contributed by atoms with Crippen molar-refractivity contribution in [3.63, 3.8) is 0 Å². The molecule has 1 unspecified atom stereocenters. The molecule has 1 heterocycles. The van der Waals surface area contributed by atoms with Crippen LogP contribution in [0.5, 0.6) is 0 Å². The summed E-state index contributed by atoms with van der Waals surface area (Å²) in [5.41, 5.74) is 0. The molecule has 0 aromatic carbocycles. The van der Waals surface area contributed by atoms with Crippen LogP contribution in [-0.4, -0.2) is 32.5 Å². The molecule has 3 nitrogen and oxygen atoms in total. The van der Waals surface area contributed by atoms with Gasteiger partial charge in [0.25, 0.3) is 0 Å². The Hall–Kier alpha value is 0.477. The molecule has 0 spiro atoms. The van der Waals surface area contributed by atoms with Crippen LogP contribution in [0.25, 0.3) is 0 Å². The van der Waals surface area contributed by atoms with Crippen molar-refractivity contribution >= 4 is 39.9 Å². The fraction of sp³-hybridized carbons (Fsp3) is 0.833. The van der Waals surface area contributed by atoms with Gasteiger partial charge in [-0.05, 0) is 44.3 Å². The average molecular weight is 400 g/mol. The van der Waals surface area contributed by atoms with Gasteiger partial charge in [-0.25, -0.2) is 0 Å². The summed E-state index contributed by atoms with van der Waals surface area (Å²) in [5, 5.41) is 3.42. The Morgan fingerprint density at radius 3 is 2.56 bits per heavy atom. The van der Waals surface area contributed by atoms with E-state index in [1.807, 2.05) is 0 Å². The molecule has 1 atom stereocenters. The summed E-state index contributed by atoms with van der Waals surface area (Å²) in [4.78, 5) is 2.23.